The molecule has 0 radical (unpaired) electrons. The number of hydrogen-bond acceptors (Lipinski definition) is 4. The molecule has 0 spiro atoms. The smallest absolute Gasteiger partial charge is 0.194 e. The summed E-state index contributed by atoms with van der Waals surface area (Å²) in [6, 6.07) is 32.4. The molecule has 2 N–H and O–H groups in total. The predicted octanol–water partition coefficient (Wildman–Crippen LogP) is 6.68. The van der Waals surface area contributed by atoms with E-state index in [9.17, 15) is 0 Å². The molecule has 0 aromatic heterocycles. The normalized spacial score (nSPS) is 12.5. The molecule has 5 rings (SSSR count). The van der Waals surface area contributed by atoms with Crippen LogP contribution in [0.1, 0.15) is 36.1 Å². The molecule has 0 amide bonds. The third-order valence-corrected chi connectivity index (χ3v) is 5.36. The molecule has 0 fully saturated rings. The van der Waals surface area contributed by atoms with E-state index in [-0.39, 0.29) is 0 Å². The molecular weight excluding hydrogens is 436 g/mol. The van der Waals surface area contributed by atoms with Gasteiger partial charge in [-0.2, -0.15) is 0 Å². The standard InChI is InChI=1S/C13H10.2C9H12O2/c1-3-7-12-10(5-1)9-11-6-2-4-8-13(11)12;2*1-7-3-5-9(6-4-7)11-8(2)10/h1-8H,9H2;2*3-6,8,10H,1-2H3. The lowest BCUT2D eigenvalue weighted by molar-refractivity contribution is -0.000886. The Morgan fingerprint density at radius 2 is 0.886 bits per heavy atom. The second-order valence-corrected chi connectivity index (χ2v) is 8.55. The fourth-order valence-corrected chi connectivity index (χ4v) is 3.71. The van der Waals surface area contributed by atoms with Gasteiger partial charge >= 0.3 is 0 Å². The van der Waals surface area contributed by atoms with Crippen LogP contribution in [0.4, 0.5) is 0 Å². The summed E-state index contributed by atoms with van der Waals surface area (Å²) in [7, 11) is 0. The van der Waals surface area contributed by atoms with E-state index in [2.05, 4.69) is 48.5 Å². The first kappa shape index (κ1) is 26.0. The molecule has 4 aromatic rings. The van der Waals surface area contributed by atoms with Gasteiger partial charge in [-0.15, -0.1) is 0 Å². The topological polar surface area (TPSA) is 58.9 Å². The molecule has 35 heavy (non-hydrogen) atoms. The molecule has 0 saturated carbocycles. The maximum Gasteiger partial charge on any atom is 0.194 e. The van der Waals surface area contributed by atoms with Crippen LogP contribution in [0.3, 0.4) is 0 Å². The number of fused-ring (bicyclic) bond motifs is 3. The highest BCUT2D eigenvalue weighted by Gasteiger charge is 2.15. The SMILES string of the molecule is Cc1ccc(OC(C)O)cc1.Cc1ccc(OC(C)O)cc1.c1ccc2c(c1)Cc1ccccc1-2. The van der Waals surface area contributed by atoms with Crippen molar-refractivity contribution in [2.24, 2.45) is 0 Å². The minimum atomic E-state index is -0.738. The van der Waals surface area contributed by atoms with Crippen LogP contribution in [0.2, 0.25) is 0 Å². The molecule has 182 valence electrons. The Morgan fingerprint density at radius 3 is 1.23 bits per heavy atom. The molecule has 0 saturated heterocycles. The van der Waals surface area contributed by atoms with Crippen LogP contribution in [0.25, 0.3) is 11.1 Å². The Bertz CT molecular complexity index is 1080. The van der Waals surface area contributed by atoms with Gasteiger partial charge in [0, 0.05) is 0 Å². The zero-order chi connectivity index (χ0) is 25.2. The molecule has 0 bridgehead atoms. The highest BCUT2D eigenvalue weighted by molar-refractivity contribution is 5.76. The van der Waals surface area contributed by atoms with Gasteiger partial charge in [0.15, 0.2) is 12.6 Å². The number of hydrogen-bond donors (Lipinski definition) is 2. The highest BCUT2D eigenvalue weighted by atomic mass is 16.6. The second kappa shape index (κ2) is 12.7. The molecule has 0 heterocycles. The van der Waals surface area contributed by atoms with Gasteiger partial charge in [-0.25, -0.2) is 0 Å². The summed E-state index contributed by atoms with van der Waals surface area (Å²) in [5.74, 6) is 1.40. The van der Waals surface area contributed by atoms with E-state index in [0.717, 1.165) is 6.42 Å². The molecule has 4 heteroatoms. The Kier molecular flexibility index (Phi) is 9.47. The van der Waals surface area contributed by atoms with Crippen molar-refractivity contribution in [2.75, 3.05) is 0 Å². The number of rotatable bonds is 4. The maximum absolute atomic E-state index is 8.85. The quantitative estimate of drug-likeness (QED) is 0.288. The Hall–Kier alpha value is -3.60. The maximum atomic E-state index is 8.85. The highest BCUT2D eigenvalue weighted by Crippen LogP contribution is 2.35. The van der Waals surface area contributed by atoms with Crippen molar-refractivity contribution >= 4 is 0 Å². The van der Waals surface area contributed by atoms with Crippen molar-refractivity contribution in [3.8, 4) is 22.6 Å². The third-order valence-electron chi connectivity index (χ3n) is 5.36. The van der Waals surface area contributed by atoms with E-state index in [0.29, 0.717) is 11.5 Å². The lowest BCUT2D eigenvalue weighted by Gasteiger charge is -2.07. The Labute approximate surface area is 208 Å². The van der Waals surface area contributed by atoms with Crippen molar-refractivity contribution in [1.29, 1.82) is 0 Å². The van der Waals surface area contributed by atoms with Crippen LogP contribution >= 0.6 is 0 Å². The van der Waals surface area contributed by atoms with Gasteiger partial charge in [-0.1, -0.05) is 83.9 Å². The monoisotopic (exact) mass is 470 g/mol. The summed E-state index contributed by atoms with van der Waals surface area (Å²) in [5.41, 5.74) is 8.12. The van der Waals surface area contributed by atoms with E-state index in [4.69, 9.17) is 19.7 Å². The summed E-state index contributed by atoms with van der Waals surface area (Å²) in [6.07, 6.45) is -0.373. The average Bonchev–Trinajstić information content (AvgIpc) is 3.21. The minimum absolute atomic E-state index is 0.700. The van der Waals surface area contributed by atoms with Crippen molar-refractivity contribution in [1.82, 2.24) is 0 Å². The molecule has 2 unspecified atom stereocenters. The Morgan fingerprint density at radius 1 is 0.543 bits per heavy atom. The fraction of sp³-hybridized carbons (Fsp3) is 0.226. The summed E-state index contributed by atoms with van der Waals surface area (Å²) < 4.78 is 10.0. The fourth-order valence-electron chi connectivity index (χ4n) is 3.71. The number of aliphatic hydroxyl groups is 2. The molecule has 4 aromatic carbocycles. The van der Waals surface area contributed by atoms with Crippen LogP contribution in [0.15, 0.2) is 97.1 Å². The molecule has 1 aliphatic carbocycles. The predicted molar refractivity (Wildman–Crippen MR) is 142 cm³/mol. The number of benzene rings is 4. The van der Waals surface area contributed by atoms with E-state index < -0.39 is 12.6 Å². The van der Waals surface area contributed by atoms with Crippen molar-refractivity contribution in [3.63, 3.8) is 0 Å². The molecule has 4 nitrogen and oxygen atoms in total. The van der Waals surface area contributed by atoms with Gasteiger partial charge < -0.3 is 19.7 Å². The van der Waals surface area contributed by atoms with E-state index >= 15 is 0 Å². The number of aliphatic hydroxyl groups excluding tert-OH is 2. The summed E-state index contributed by atoms with van der Waals surface area (Å²) in [6.45, 7) is 7.18. The van der Waals surface area contributed by atoms with Gasteiger partial charge in [-0.05, 0) is 80.6 Å². The van der Waals surface area contributed by atoms with Crippen molar-refractivity contribution < 1.29 is 19.7 Å². The summed E-state index contributed by atoms with van der Waals surface area (Å²) in [4.78, 5) is 0. The molecule has 1 aliphatic rings. The summed E-state index contributed by atoms with van der Waals surface area (Å²) in [5, 5.41) is 17.7. The zero-order valence-electron chi connectivity index (χ0n) is 20.8. The van der Waals surface area contributed by atoms with Crippen molar-refractivity contribution in [3.05, 3.63) is 119 Å². The number of aryl methyl sites for hydroxylation is 2. The lowest BCUT2D eigenvalue weighted by Crippen LogP contribution is -2.09. The lowest BCUT2D eigenvalue weighted by atomic mass is 10.1. The largest absolute Gasteiger partial charge is 0.465 e. The van der Waals surface area contributed by atoms with Gasteiger partial charge in [0.25, 0.3) is 0 Å². The van der Waals surface area contributed by atoms with Gasteiger partial charge in [-0.3, -0.25) is 0 Å². The van der Waals surface area contributed by atoms with E-state index in [1.54, 1.807) is 13.8 Å². The first-order valence-corrected chi connectivity index (χ1v) is 11.8. The Balaban J connectivity index is 0.000000148. The van der Waals surface area contributed by atoms with Gasteiger partial charge in [0.05, 0.1) is 0 Å². The van der Waals surface area contributed by atoms with Crippen molar-refractivity contribution in [2.45, 2.75) is 46.7 Å². The first-order valence-electron chi connectivity index (χ1n) is 11.8. The van der Waals surface area contributed by atoms with Gasteiger partial charge in [0.1, 0.15) is 11.5 Å². The second-order valence-electron chi connectivity index (χ2n) is 8.55. The zero-order valence-corrected chi connectivity index (χ0v) is 20.8. The van der Waals surface area contributed by atoms with Gasteiger partial charge in [0.2, 0.25) is 0 Å². The minimum Gasteiger partial charge on any atom is -0.465 e. The van der Waals surface area contributed by atoms with Crippen LogP contribution in [-0.4, -0.2) is 22.8 Å². The van der Waals surface area contributed by atoms with Crippen LogP contribution in [-0.2, 0) is 6.42 Å². The molecule has 2 atom stereocenters. The number of ether oxygens (including phenoxy) is 2. The summed E-state index contributed by atoms with van der Waals surface area (Å²) >= 11 is 0. The van der Waals surface area contributed by atoms with Crippen LogP contribution in [0, 0.1) is 13.8 Å². The molecule has 0 aliphatic heterocycles. The van der Waals surface area contributed by atoms with E-state index in [1.165, 1.54) is 33.4 Å². The third kappa shape index (κ3) is 8.29. The average molecular weight is 471 g/mol. The van der Waals surface area contributed by atoms with E-state index in [1.807, 2.05) is 62.4 Å². The van der Waals surface area contributed by atoms with Crippen LogP contribution in [0.5, 0.6) is 11.5 Å². The molecular formula is C31H34O4. The first-order chi connectivity index (χ1) is 16.8. The van der Waals surface area contributed by atoms with Crippen LogP contribution < -0.4 is 9.47 Å².